The topological polar surface area (TPSA) is 26.3 Å². The van der Waals surface area contributed by atoms with Crippen molar-refractivity contribution in [3.05, 3.63) is 6.92 Å². The van der Waals surface area contributed by atoms with E-state index in [-0.39, 0.29) is 12.6 Å². The molecule has 0 amide bonds. The van der Waals surface area contributed by atoms with E-state index in [1.165, 1.54) is 32.1 Å². The molecule has 13 heavy (non-hydrogen) atoms. The molecule has 0 aliphatic heterocycles. The smallest absolute Gasteiger partial charge is 0.305 e. The highest BCUT2D eigenvalue weighted by molar-refractivity contribution is 5.69. The van der Waals surface area contributed by atoms with Gasteiger partial charge in [-0.25, -0.2) is 0 Å². The molecule has 2 nitrogen and oxygen atoms in total. The number of carbonyl (C=O) groups is 1. The minimum absolute atomic E-state index is 0.0828. The van der Waals surface area contributed by atoms with Crippen LogP contribution in [-0.4, -0.2) is 12.6 Å². The van der Waals surface area contributed by atoms with E-state index < -0.39 is 0 Å². The number of hydrogen-bond donors (Lipinski definition) is 0. The van der Waals surface area contributed by atoms with Gasteiger partial charge in [0, 0.05) is 6.42 Å². The van der Waals surface area contributed by atoms with E-state index in [0.717, 1.165) is 12.3 Å². The fraction of sp³-hybridized carbons (Fsp3) is 0.818. The molecule has 0 heterocycles. The predicted octanol–water partition coefficient (Wildman–Crippen LogP) is 2.72. The molecule has 0 aromatic heterocycles. The van der Waals surface area contributed by atoms with Crippen molar-refractivity contribution in [1.29, 1.82) is 0 Å². The first-order chi connectivity index (χ1) is 6.33. The van der Waals surface area contributed by atoms with E-state index in [1.807, 2.05) is 0 Å². The Morgan fingerprint density at radius 1 is 1.31 bits per heavy atom. The lowest BCUT2D eigenvalue weighted by Crippen LogP contribution is -2.10. The maximum absolute atomic E-state index is 11.0. The van der Waals surface area contributed by atoms with E-state index in [0.29, 0.717) is 6.42 Å². The van der Waals surface area contributed by atoms with Crippen molar-refractivity contribution >= 4 is 5.97 Å². The molecular formula is C11H19O2. The molecular weight excluding hydrogens is 164 g/mol. The summed E-state index contributed by atoms with van der Waals surface area (Å²) in [6.45, 7) is 3.74. The normalized spacial score (nSPS) is 18.5. The molecule has 1 radical (unpaired) electrons. The molecule has 1 aliphatic rings. The predicted molar refractivity (Wildman–Crippen MR) is 52.1 cm³/mol. The van der Waals surface area contributed by atoms with Crippen molar-refractivity contribution in [1.82, 2.24) is 0 Å². The molecule has 2 heteroatoms. The van der Waals surface area contributed by atoms with E-state index in [1.54, 1.807) is 0 Å². The monoisotopic (exact) mass is 183 g/mol. The molecule has 0 aromatic carbocycles. The second-order valence-electron chi connectivity index (χ2n) is 3.76. The first kappa shape index (κ1) is 10.6. The summed E-state index contributed by atoms with van der Waals surface area (Å²) in [4.78, 5) is 11.0. The SMILES string of the molecule is [CH2]COC(=O)CCC1CCCCC1. The molecule has 0 bridgehead atoms. The second-order valence-corrected chi connectivity index (χ2v) is 3.76. The van der Waals surface area contributed by atoms with Gasteiger partial charge in [-0.05, 0) is 19.3 Å². The quantitative estimate of drug-likeness (QED) is 0.626. The number of rotatable bonds is 4. The van der Waals surface area contributed by atoms with Crippen LogP contribution in [0.25, 0.3) is 0 Å². The summed E-state index contributed by atoms with van der Waals surface area (Å²) in [6.07, 6.45) is 8.26. The third-order valence-corrected chi connectivity index (χ3v) is 2.74. The fourth-order valence-corrected chi connectivity index (χ4v) is 1.98. The highest BCUT2D eigenvalue weighted by Gasteiger charge is 2.14. The van der Waals surface area contributed by atoms with Crippen molar-refractivity contribution in [2.45, 2.75) is 44.9 Å². The number of carbonyl (C=O) groups excluding carboxylic acids is 1. The molecule has 0 N–H and O–H groups in total. The molecule has 1 saturated carbocycles. The summed E-state index contributed by atoms with van der Waals surface area (Å²) >= 11 is 0. The summed E-state index contributed by atoms with van der Waals surface area (Å²) in [6, 6.07) is 0. The van der Waals surface area contributed by atoms with E-state index in [9.17, 15) is 4.79 Å². The van der Waals surface area contributed by atoms with Crippen molar-refractivity contribution in [3.63, 3.8) is 0 Å². The van der Waals surface area contributed by atoms with E-state index in [4.69, 9.17) is 4.74 Å². The Balaban J connectivity index is 2.06. The van der Waals surface area contributed by atoms with Crippen molar-refractivity contribution in [2.24, 2.45) is 5.92 Å². The number of esters is 1. The Morgan fingerprint density at radius 2 is 2.00 bits per heavy atom. The lowest BCUT2D eigenvalue weighted by Gasteiger charge is -2.20. The van der Waals surface area contributed by atoms with Crippen LogP contribution in [0.5, 0.6) is 0 Å². The zero-order valence-corrected chi connectivity index (χ0v) is 8.26. The highest BCUT2D eigenvalue weighted by Crippen LogP contribution is 2.27. The van der Waals surface area contributed by atoms with Gasteiger partial charge in [-0.3, -0.25) is 4.79 Å². The van der Waals surface area contributed by atoms with E-state index >= 15 is 0 Å². The van der Waals surface area contributed by atoms with Crippen LogP contribution < -0.4 is 0 Å². The fourth-order valence-electron chi connectivity index (χ4n) is 1.98. The summed E-state index contributed by atoms with van der Waals surface area (Å²) in [5, 5.41) is 0. The Bertz CT molecular complexity index is 148. The van der Waals surface area contributed by atoms with Gasteiger partial charge in [0.15, 0.2) is 0 Å². The van der Waals surface area contributed by atoms with Gasteiger partial charge in [-0.1, -0.05) is 32.1 Å². The lowest BCUT2D eigenvalue weighted by molar-refractivity contribution is -0.142. The third-order valence-electron chi connectivity index (χ3n) is 2.74. The van der Waals surface area contributed by atoms with Gasteiger partial charge in [0.1, 0.15) is 0 Å². The standard InChI is InChI=1S/C11H19O2/c1-2-13-11(12)9-8-10-6-4-3-5-7-10/h10H,1-9H2. The number of ether oxygens (including phenoxy) is 1. The Hall–Kier alpha value is -0.530. The van der Waals surface area contributed by atoms with Gasteiger partial charge in [0.25, 0.3) is 0 Å². The maximum Gasteiger partial charge on any atom is 0.305 e. The first-order valence-corrected chi connectivity index (χ1v) is 5.28. The Kier molecular flexibility index (Phi) is 4.87. The van der Waals surface area contributed by atoms with Gasteiger partial charge in [0.2, 0.25) is 0 Å². The van der Waals surface area contributed by atoms with Crippen LogP contribution in [0.2, 0.25) is 0 Å². The summed E-state index contributed by atoms with van der Waals surface area (Å²) in [7, 11) is 0. The second kappa shape index (κ2) is 6.01. The highest BCUT2D eigenvalue weighted by atomic mass is 16.5. The van der Waals surface area contributed by atoms with Gasteiger partial charge in [0.05, 0.1) is 6.61 Å². The van der Waals surface area contributed by atoms with Crippen LogP contribution in [0.3, 0.4) is 0 Å². The number of hydrogen-bond acceptors (Lipinski definition) is 2. The van der Waals surface area contributed by atoms with E-state index in [2.05, 4.69) is 6.92 Å². The summed E-state index contributed by atoms with van der Waals surface area (Å²) in [5.41, 5.74) is 0. The molecule has 0 spiro atoms. The zero-order valence-electron chi connectivity index (χ0n) is 8.26. The average molecular weight is 183 g/mol. The molecule has 0 aromatic rings. The Morgan fingerprint density at radius 3 is 2.62 bits per heavy atom. The minimum atomic E-state index is -0.0828. The molecule has 1 fully saturated rings. The van der Waals surface area contributed by atoms with Crippen molar-refractivity contribution in [3.8, 4) is 0 Å². The zero-order chi connectivity index (χ0) is 9.52. The van der Waals surface area contributed by atoms with Gasteiger partial charge < -0.3 is 4.74 Å². The molecule has 0 unspecified atom stereocenters. The molecule has 1 rings (SSSR count). The van der Waals surface area contributed by atoms with Gasteiger partial charge >= 0.3 is 5.97 Å². The lowest BCUT2D eigenvalue weighted by atomic mass is 9.86. The van der Waals surface area contributed by atoms with Crippen molar-refractivity contribution < 1.29 is 9.53 Å². The Labute approximate surface area is 80.7 Å². The molecule has 1 aliphatic carbocycles. The molecule has 0 saturated heterocycles. The summed E-state index contributed by atoms with van der Waals surface area (Å²) < 4.78 is 4.78. The maximum atomic E-state index is 11.0. The van der Waals surface area contributed by atoms with Gasteiger partial charge in [-0.2, -0.15) is 0 Å². The van der Waals surface area contributed by atoms with Gasteiger partial charge in [-0.15, -0.1) is 0 Å². The molecule has 75 valence electrons. The van der Waals surface area contributed by atoms with Crippen LogP contribution in [0.15, 0.2) is 0 Å². The van der Waals surface area contributed by atoms with Crippen molar-refractivity contribution in [2.75, 3.05) is 6.61 Å². The largest absolute Gasteiger partial charge is 0.466 e. The van der Waals surface area contributed by atoms with Crippen LogP contribution >= 0.6 is 0 Å². The third kappa shape index (κ3) is 4.30. The van der Waals surface area contributed by atoms with Crippen LogP contribution in [0.4, 0.5) is 0 Å². The van der Waals surface area contributed by atoms with Crippen LogP contribution in [0, 0.1) is 12.8 Å². The van der Waals surface area contributed by atoms with Crippen LogP contribution in [0.1, 0.15) is 44.9 Å². The molecule has 0 atom stereocenters. The summed E-state index contributed by atoms with van der Waals surface area (Å²) in [5.74, 6) is 0.687. The average Bonchev–Trinajstić information content (AvgIpc) is 2.17. The first-order valence-electron chi connectivity index (χ1n) is 5.28. The van der Waals surface area contributed by atoms with Crippen LogP contribution in [-0.2, 0) is 9.53 Å². The minimum Gasteiger partial charge on any atom is -0.466 e.